The van der Waals surface area contributed by atoms with Gasteiger partial charge in [-0.1, -0.05) is 0 Å². The molecule has 0 unspecified atom stereocenters. The van der Waals surface area contributed by atoms with Gasteiger partial charge in [-0.2, -0.15) is 0 Å². The first kappa shape index (κ1) is 183. The average molecular weight is 208 g/mol. The van der Waals surface area contributed by atoms with Crippen LogP contribution < -0.4 is 0 Å². The second-order valence-electron chi connectivity index (χ2n) is 0. The standard InChI is InChI=1S/Mo.4O.Ti/q+4;4*-2;+4. The van der Waals surface area contributed by atoms with Gasteiger partial charge in [0.1, 0.15) is 0 Å². The fourth-order valence-corrected chi connectivity index (χ4v) is 0. The summed E-state index contributed by atoms with van der Waals surface area (Å²) in [5, 5.41) is 0. The van der Waals surface area contributed by atoms with Crippen LogP contribution in [0.4, 0.5) is 0 Å². The van der Waals surface area contributed by atoms with Crippen molar-refractivity contribution in [2.24, 2.45) is 0 Å². The van der Waals surface area contributed by atoms with Gasteiger partial charge in [0.15, 0.2) is 0 Å². The molecular formula is MoO4Ti. The predicted molar refractivity (Wildman–Crippen MR) is 2.75 cm³/mol. The first-order valence-electron chi connectivity index (χ1n) is 0. The fraction of sp³-hybridized carbons (Fsp3) is 0. The molecule has 6 heteroatoms. The van der Waals surface area contributed by atoms with E-state index in [0.29, 0.717) is 0 Å². The maximum atomic E-state index is 0. The van der Waals surface area contributed by atoms with E-state index in [9.17, 15) is 0 Å². The van der Waals surface area contributed by atoms with Gasteiger partial charge in [0, 0.05) is 0 Å². The van der Waals surface area contributed by atoms with Gasteiger partial charge in [-0.05, 0) is 0 Å². The van der Waals surface area contributed by atoms with Crippen molar-refractivity contribution in [2.45, 2.75) is 0 Å². The van der Waals surface area contributed by atoms with Crippen LogP contribution in [0.1, 0.15) is 0 Å². The molecule has 0 aliphatic carbocycles. The Kier molecular flexibility index (Phi) is 3390. The molecule has 0 fully saturated rings. The zero-order valence-corrected chi connectivity index (χ0v) is 6.11. The molecule has 34 valence electrons. The Bertz CT molecular complexity index is 7.51. The van der Waals surface area contributed by atoms with Crippen molar-refractivity contribution in [1.82, 2.24) is 0 Å². The molecule has 0 saturated heterocycles. The van der Waals surface area contributed by atoms with Crippen molar-refractivity contribution in [3.05, 3.63) is 0 Å². The van der Waals surface area contributed by atoms with Crippen molar-refractivity contribution < 1.29 is 64.7 Å². The van der Waals surface area contributed by atoms with Crippen molar-refractivity contribution in [3.8, 4) is 0 Å². The van der Waals surface area contributed by atoms with Gasteiger partial charge in [-0.25, -0.2) is 0 Å². The molecule has 0 atom stereocenters. The molecule has 0 saturated carbocycles. The van der Waals surface area contributed by atoms with Gasteiger partial charge < -0.3 is 21.9 Å². The Morgan fingerprint density at radius 1 is 0.500 bits per heavy atom. The van der Waals surface area contributed by atoms with Crippen LogP contribution in [0.15, 0.2) is 0 Å². The maximum Gasteiger partial charge on any atom is 4.00 e. The minimum atomic E-state index is 0. The van der Waals surface area contributed by atoms with Crippen molar-refractivity contribution in [3.63, 3.8) is 0 Å². The van der Waals surface area contributed by atoms with Gasteiger partial charge >= 0.3 is 42.8 Å². The van der Waals surface area contributed by atoms with Gasteiger partial charge in [0.05, 0.1) is 0 Å². The second-order valence-corrected chi connectivity index (χ2v) is 0. The van der Waals surface area contributed by atoms with Crippen LogP contribution in [0.2, 0.25) is 0 Å². The van der Waals surface area contributed by atoms with E-state index in [0.717, 1.165) is 0 Å². The summed E-state index contributed by atoms with van der Waals surface area (Å²) in [4.78, 5) is 0. The van der Waals surface area contributed by atoms with Crippen LogP contribution in [0, 0.1) is 0 Å². The third-order valence-electron chi connectivity index (χ3n) is 0. The van der Waals surface area contributed by atoms with Gasteiger partial charge in [0.2, 0.25) is 0 Å². The van der Waals surface area contributed by atoms with Crippen LogP contribution in [-0.4, -0.2) is 0 Å². The number of rotatable bonds is 0. The SMILES string of the molecule is [Mo+4].[O-2].[O-2].[O-2].[O-2].[Ti+4]. The molecule has 0 heterocycles. The minimum Gasteiger partial charge on any atom is -2.00 e. The molecule has 0 aliphatic heterocycles. The Hall–Kier alpha value is 1.24. The summed E-state index contributed by atoms with van der Waals surface area (Å²) in [5.41, 5.74) is 0. The summed E-state index contributed by atoms with van der Waals surface area (Å²) in [7, 11) is 0. The number of hydrogen-bond acceptors (Lipinski definition) is 0. The van der Waals surface area contributed by atoms with E-state index in [2.05, 4.69) is 0 Å². The average Bonchev–Trinajstić information content (AvgIpc) is 0. The van der Waals surface area contributed by atoms with Gasteiger partial charge in [-0.15, -0.1) is 0 Å². The van der Waals surface area contributed by atoms with Gasteiger partial charge in [-0.3, -0.25) is 0 Å². The van der Waals surface area contributed by atoms with E-state index in [1.54, 1.807) is 0 Å². The molecule has 6 heavy (non-hydrogen) atoms. The third-order valence-corrected chi connectivity index (χ3v) is 0. The summed E-state index contributed by atoms with van der Waals surface area (Å²) in [6, 6.07) is 0. The van der Waals surface area contributed by atoms with Gasteiger partial charge in [0.25, 0.3) is 0 Å². The van der Waals surface area contributed by atoms with E-state index in [-0.39, 0.29) is 64.7 Å². The van der Waals surface area contributed by atoms with E-state index < -0.39 is 0 Å². The van der Waals surface area contributed by atoms with Crippen LogP contribution in [0.3, 0.4) is 0 Å². The molecule has 0 radical (unpaired) electrons. The summed E-state index contributed by atoms with van der Waals surface area (Å²) in [6.07, 6.45) is 0. The van der Waals surface area contributed by atoms with Crippen molar-refractivity contribution >= 4 is 0 Å². The molecule has 0 N–H and O–H groups in total. The Balaban J connectivity index is 0. The second kappa shape index (κ2) is 111. The van der Waals surface area contributed by atoms with Crippen LogP contribution in [0.5, 0.6) is 0 Å². The molecule has 0 aromatic carbocycles. The normalized spacial score (nSPS) is 0. The molecule has 0 bridgehead atoms. The predicted octanol–water partition coefficient (Wildman–Crippen LogP) is -0.480. The van der Waals surface area contributed by atoms with E-state index in [1.165, 1.54) is 0 Å². The van der Waals surface area contributed by atoms with E-state index in [4.69, 9.17) is 0 Å². The molecule has 0 rings (SSSR count). The molecule has 0 amide bonds. The molecule has 0 aromatic rings. The Labute approximate surface area is 64.7 Å². The van der Waals surface area contributed by atoms with E-state index >= 15 is 0 Å². The molecule has 4 nitrogen and oxygen atoms in total. The largest absolute Gasteiger partial charge is 4.00 e. The summed E-state index contributed by atoms with van der Waals surface area (Å²) < 4.78 is 0. The van der Waals surface area contributed by atoms with Crippen LogP contribution >= 0.6 is 0 Å². The topological polar surface area (TPSA) is 114 Å². The first-order valence-corrected chi connectivity index (χ1v) is 0. The summed E-state index contributed by atoms with van der Waals surface area (Å²) in [6.45, 7) is 0. The number of hydrogen-bond donors (Lipinski definition) is 0. The zero-order valence-electron chi connectivity index (χ0n) is 2.54. The monoisotopic (exact) mass is 210 g/mol. The quantitative estimate of drug-likeness (QED) is 0.478. The molecule has 0 aliphatic rings. The Morgan fingerprint density at radius 3 is 0.500 bits per heavy atom. The molecule has 0 aromatic heterocycles. The van der Waals surface area contributed by atoms with Crippen LogP contribution in [-0.2, 0) is 64.7 Å². The summed E-state index contributed by atoms with van der Waals surface area (Å²) >= 11 is 0. The third kappa shape index (κ3) is 61.1. The van der Waals surface area contributed by atoms with E-state index in [1.807, 2.05) is 0 Å². The summed E-state index contributed by atoms with van der Waals surface area (Å²) in [5.74, 6) is 0. The minimum absolute atomic E-state index is 0. The fourth-order valence-electron chi connectivity index (χ4n) is 0. The van der Waals surface area contributed by atoms with Crippen molar-refractivity contribution in [2.75, 3.05) is 0 Å². The molecular weight excluding hydrogens is 208 g/mol. The van der Waals surface area contributed by atoms with Crippen LogP contribution in [0.25, 0.3) is 0 Å². The maximum absolute atomic E-state index is 0. The zero-order chi connectivity index (χ0) is 0. The Morgan fingerprint density at radius 2 is 0.500 bits per heavy atom. The molecule has 0 spiro atoms. The first-order chi connectivity index (χ1) is 0. The van der Waals surface area contributed by atoms with Crippen molar-refractivity contribution in [1.29, 1.82) is 0 Å². The smallest absolute Gasteiger partial charge is 2.00 e.